The molecule has 232 valence electrons. The van der Waals surface area contributed by atoms with Crippen LogP contribution in [-0.4, -0.2) is 90.0 Å². The number of aliphatic hydroxyl groups is 1. The third kappa shape index (κ3) is 6.12. The number of likely N-dealkylation sites (N-methyl/N-ethyl adjacent to an activating group) is 1. The normalized spacial score (nSPS) is 21.4. The van der Waals surface area contributed by atoms with Crippen molar-refractivity contribution in [2.45, 2.75) is 62.4 Å². The number of nitrogens with one attached hydrogen (secondary N) is 2. The van der Waals surface area contributed by atoms with Crippen molar-refractivity contribution in [2.24, 2.45) is 0 Å². The first kappa shape index (κ1) is 30.0. The van der Waals surface area contributed by atoms with Crippen molar-refractivity contribution in [2.75, 3.05) is 38.6 Å². The van der Waals surface area contributed by atoms with Gasteiger partial charge in [-0.15, -0.1) is 0 Å². The fourth-order valence-corrected chi connectivity index (χ4v) is 6.52. The van der Waals surface area contributed by atoms with E-state index in [1.54, 1.807) is 24.2 Å². The molecule has 0 atom stereocenters. The number of nitrogens with zero attached hydrogens (tertiary/aromatic N) is 8. The number of anilines is 1. The van der Waals surface area contributed by atoms with Crippen molar-refractivity contribution in [1.29, 1.82) is 5.26 Å². The molecule has 5 heterocycles. The summed E-state index contributed by atoms with van der Waals surface area (Å²) in [6.45, 7) is 2.17. The Labute approximate surface area is 252 Å². The zero-order valence-corrected chi connectivity index (χ0v) is 24.4. The third-order valence-electron chi connectivity index (χ3n) is 8.84. The number of hydrogen-bond donors (Lipinski definition) is 3. The summed E-state index contributed by atoms with van der Waals surface area (Å²) in [7, 11) is 1.75. The van der Waals surface area contributed by atoms with Crippen molar-refractivity contribution < 1.29 is 18.3 Å². The highest BCUT2D eigenvalue weighted by atomic mass is 19.4. The lowest BCUT2D eigenvalue weighted by Gasteiger charge is -2.52. The molecule has 0 amide bonds. The number of pyridine rings is 1. The van der Waals surface area contributed by atoms with Crippen molar-refractivity contribution in [3.05, 3.63) is 54.4 Å². The lowest BCUT2D eigenvalue weighted by atomic mass is 9.69. The SMILES string of the molecule is CN(CCO)Cc1cc(NC2CCN([C@H]3C[C@@](CC#N)(n4cc(-c5ncnc6[nH]ccc56)cn4)C3)CC2)nc(C(F)(F)F)c1. The van der Waals surface area contributed by atoms with Gasteiger partial charge in [-0.3, -0.25) is 9.58 Å². The zero-order chi connectivity index (χ0) is 30.9. The Hall–Kier alpha value is -4.06. The van der Waals surface area contributed by atoms with Crippen molar-refractivity contribution >= 4 is 16.9 Å². The third-order valence-corrected chi connectivity index (χ3v) is 8.84. The van der Waals surface area contributed by atoms with Gasteiger partial charge in [0.15, 0.2) is 0 Å². The van der Waals surface area contributed by atoms with E-state index in [0.29, 0.717) is 24.6 Å². The molecule has 1 aliphatic carbocycles. The number of halogens is 3. The standard InChI is InChI=1S/C30H35F3N10O/c1-41(10-11-44)17-20-12-25(30(31,32)33)40-26(13-20)39-22-3-8-42(9-4-22)23-14-29(15-23,5-6-34)43-18-21(16-38-43)27-24-2-7-35-28(24)37-19-36-27/h2,7,12-13,16,18-19,22-23,44H,3-5,8-11,14-15,17H2,1H3,(H,39,40)(H,35,36,37)/t23-,29+. The molecule has 1 saturated carbocycles. The van der Waals surface area contributed by atoms with Crippen molar-refractivity contribution in [1.82, 2.24) is 39.5 Å². The number of piperidine rings is 1. The van der Waals surface area contributed by atoms with Crippen LogP contribution in [-0.2, 0) is 18.3 Å². The summed E-state index contributed by atoms with van der Waals surface area (Å²) in [5.41, 5.74) is 1.60. The molecule has 11 nitrogen and oxygen atoms in total. The molecular weight excluding hydrogens is 573 g/mol. The Balaban J connectivity index is 1.08. The highest BCUT2D eigenvalue weighted by molar-refractivity contribution is 5.90. The van der Waals surface area contributed by atoms with Gasteiger partial charge < -0.3 is 20.3 Å². The highest BCUT2D eigenvalue weighted by Gasteiger charge is 2.49. The van der Waals surface area contributed by atoms with E-state index in [0.717, 1.165) is 67.1 Å². The van der Waals surface area contributed by atoms with Gasteiger partial charge in [-0.25, -0.2) is 15.0 Å². The molecule has 44 heavy (non-hydrogen) atoms. The quantitative estimate of drug-likeness (QED) is 0.244. The number of rotatable bonds is 10. The second-order valence-electron chi connectivity index (χ2n) is 11.9. The van der Waals surface area contributed by atoms with Crippen LogP contribution in [0.25, 0.3) is 22.3 Å². The Morgan fingerprint density at radius 2 is 2.02 bits per heavy atom. The van der Waals surface area contributed by atoms with Gasteiger partial charge in [-0.1, -0.05) is 0 Å². The molecule has 0 spiro atoms. The summed E-state index contributed by atoms with van der Waals surface area (Å²) >= 11 is 0. The predicted octanol–water partition coefficient (Wildman–Crippen LogP) is 4.01. The molecule has 2 aliphatic rings. The number of alkyl halides is 3. The number of hydrogen-bond acceptors (Lipinski definition) is 9. The molecule has 0 radical (unpaired) electrons. The predicted molar refractivity (Wildman–Crippen MR) is 157 cm³/mol. The lowest BCUT2D eigenvalue weighted by molar-refractivity contribution is -0.141. The van der Waals surface area contributed by atoms with Crippen LogP contribution in [0.2, 0.25) is 0 Å². The van der Waals surface area contributed by atoms with E-state index in [1.165, 1.54) is 6.33 Å². The number of aromatic amines is 1. The first-order valence-corrected chi connectivity index (χ1v) is 14.8. The van der Waals surface area contributed by atoms with Crippen LogP contribution in [0.4, 0.5) is 19.0 Å². The van der Waals surface area contributed by atoms with Crippen molar-refractivity contribution in [3.8, 4) is 17.3 Å². The summed E-state index contributed by atoms with van der Waals surface area (Å²) in [6.07, 6.45) is 6.03. The first-order chi connectivity index (χ1) is 21.2. The van der Waals surface area contributed by atoms with Crippen LogP contribution in [0.15, 0.2) is 43.1 Å². The molecule has 3 N–H and O–H groups in total. The minimum Gasteiger partial charge on any atom is -0.395 e. The fraction of sp³-hybridized carbons (Fsp3) is 0.500. The molecule has 0 aromatic carbocycles. The van der Waals surface area contributed by atoms with Crippen LogP contribution in [0, 0.1) is 11.3 Å². The Morgan fingerprint density at radius 1 is 1.23 bits per heavy atom. The smallest absolute Gasteiger partial charge is 0.395 e. The molecule has 1 aliphatic heterocycles. The molecule has 14 heteroatoms. The number of fused-ring (bicyclic) bond motifs is 1. The van der Waals surface area contributed by atoms with Gasteiger partial charge in [0.1, 0.15) is 23.5 Å². The molecule has 0 unspecified atom stereocenters. The topological polar surface area (TPSA) is 135 Å². The van der Waals surface area contributed by atoms with E-state index in [1.807, 2.05) is 23.1 Å². The van der Waals surface area contributed by atoms with E-state index in [-0.39, 0.29) is 25.0 Å². The van der Waals surface area contributed by atoms with Crippen LogP contribution < -0.4 is 5.32 Å². The lowest BCUT2D eigenvalue weighted by Crippen LogP contribution is -2.58. The van der Waals surface area contributed by atoms with E-state index in [9.17, 15) is 18.4 Å². The van der Waals surface area contributed by atoms with E-state index < -0.39 is 17.4 Å². The Kier molecular flexibility index (Phi) is 8.28. The summed E-state index contributed by atoms with van der Waals surface area (Å²) in [6, 6.07) is 7.33. The monoisotopic (exact) mass is 608 g/mol. The molecule has 6 rings (SSSR count). The van der Waals surface area contributed by atoms with Gasteiger partial charge in [-0.05, 0) is 56.5 Å². The summed E-state index contributed by atoms with van der Waals surface area (Å²) in [5.74, 6) is 0.220. The maximum Gasteiger partial charge on any atom is 0.433 e. The molecule has 4 aromatic heterocycles. The van der Waals surface area contributed by atoms with E-state index in [2.05, 4.69) is 41.3 Å². The number of likely N-dealkylation sites (tertiary alicyclic amines) is 1. The number of aliphatic hydroxyl groups excluding tert-OH is 1. The van der Waals surface area contributed by atoms with Gasteiger partial charge in [0.2, 0.25) is 0 Å². The molecule has 1 saturated heterocycles. The number of H-pyrrole nitrogens is 1. The summed E-state index contributed by atoms with van der Waals surface area (Å²) in [4.78, 5) is 19.9. The summed E-state index contributed by atoms with van der Waals surface area (Å²) in [5, 5.41) is 27.7. The fourth-order valence-electron chi connectivity index (χ4n) is 6.52. The van der Waals surface area contributed by atoms with Crippen LogP contribution in [0.1, 0.15) is 43.4 Å². The highest BCUT2D eigenvalue weighted by Crippen LogP contribution is 2.45. The van der Waals surface area contributed by atoms with Crippen molar-refractivity contribution in [3.63, 3.8) is 0 Å². The van der Waals surface area contributed by atoms with Gasteiger partial charge in [0.05, 0.1) is 36.5 Å². The van der Waals surface area contributed by atoms with Gasteiger partial charge in [0, 0.05) is 61.6 Å². The average Bonchev–Trinajstić information content (AvgIpc) is 3.65. The largest absolute Gasteiger partial charge is 0.433 e. The van der Waals surface area contributed by atoms with E-state index >= 15 is 0 Å². The number of aromatic nitrogens is 6. The van der Waals surface area contributed by atoms with Crippen LogP contribution in [0.3, 0.4) is 0 Å². The minimum atomic E-state index is -4.55. The van der Waals surface area contributed by atoms with Gasteiger partial charge in [0.25, 0.3) is 0 Å². The Bertz CT molecular complexity index is 1630. The molecule has 2 fully saturated rings. The Morgan fingerprint density at radius 3 is 2.75 bits per heavy atom. The van der Waals surface area contributed by atoms with Gasteiger partial charge in [-0.2, -0.15) is 23.5 Å². The second kappa shape index (κ2) is 12.1. The van der Waals surface area contributed by atoms with Gasteiger partial charge >= 0.3 is 6.18 Å². The number of nitriles is 1. The van der Waals surface area contributed by atoms with Crippen LogP contribution >= 0.6 is 0 Å². The second-order valence-corrected chi connectivity index (χ2v) is 11.9. The molecule has 4 aromatic rings. The average molecular weight is 609 g/mol. The first-order valence-electron chi connectivity index (χ1n) is 14.8. The van der Waals surface area contributed by atoms with E-state index in [4.69, 9.17) is 5.11 Å². The minimum absolute atomic E-state index is 0.000927. The molecule has 0 bridgehead atoms. The zero-order valence-electron chi connectivity index (χ0n) is 24.4. The maximum absolute atomic E-state index is 13.6. The molecular formula is C30H35F3N10O. The van der Waals surface area contributed by atoms with Crippen LogP contribution in [0.5, 0.6) is 0 Å². The maximum atomic E-state index is 13.6. The summed E-state index contributed by atoms with van der Waals surface area (Å²) < 4.78 is 42.7.